The van der Waals surface area contributed by atoms with Crippen LogP contribution < -0.4 is 11.2 Å². The molecule has 0 aliphatic heterocycles. The monoisotopic (exact) mass is 398 g/mol. The molecule has 0 bridgehead atoms. The van der Waals surface area contributed by atoms with E-state index >= 15 is 0 Å². The average Bonchev–Trinajstić information content (AvgIpc) is 2.48. The number of nitrogens with zero attached hydrogens (tertiary/aromatic N) is 1. The van der Waals surface area contributed by atoms with Crippen LogP contribution in [0, 0.1) is 14.0 Å². The average molecular weight is 399 g/mol. The Bertz CT molecular complexity index is 204. The second-order valence-corrected chi connectivity index (χ2v) is 3.09. The molecule has 21 heavy (non-hydrogen) atoms. The number of carbonyl (C=O) groups excluding carboxylic acids is 2. The molecule has 0 aliphatic carbocycles. The molecule has 1 radical (unpaired) electrons. The van der Waals surface area contributed by atoms with Gasteiger partial charge in [0, 0.05) is 49.4 Å². The van der Waals surface area contributed by atoms with Gasteiger partial charge in [0.25, 0.3) is 0 Å². The van der Waals surface area contributed by atoms with Crippen molar-refractivity contribution in [2.24, 2.45) is 5.84 Å². The number of ether oxygens (including phenoxy) is 1. The fraction of sp³-hybridized carbons (Fsp3) is 0.714. The van der Waals surface area contributed by atoms with E-state index in [1.54, 1.807) is 6.92 Å². The van der Waals surface area contributed by atoms with E-state index in [4.69, 9.17) is 10.6 Å². The number of nitrogens with two attached hydrogens (primary N) is 1. The normalized spacial score (nSPS) is 7.29. The van der Waals surface area contributed by atoms with Crippen molar-refractivity contribution in [2.75, 3.05) is 20.3 Å². The van der Waals surface area contributed by atoms with E-state index in [0.717, 1.165) is 18.0 Å². The SMILES string of the molecule is CC.CC(=O)N(C)N.[Ag].[CH2-]C.[CH2-]NC(=O)CCOCCC. The van der Waals surface area contributed by atoms with Gasteiger partial charge in [-0.25, -0.2) is 5.84 Å². The summed E-state index contributed by atoms with van der Waals surface area (Å²) in [5.41, 5.74) is 0. The molecule has 0 fully saturated rings. The second kappa shape index (κ2) is 31.8. The Hall–Kier alpha value is -0.400. The fourth-order valence-electron chi connectivity index (χ4n) is 0.500. The van der Waals surface area contributed by atoms with Gasteiger partial charge in [-0.2, -0.15) is 6.92 Å². The zero-order valence-corrected chi connectivity index (χ0v) is 15.8. The summed E-state index contributed by atoms with van der Waals surface area (Å²) in [7, 11) is 4.73. The number of hydrogen-bond donors (Lipinski definition) is 2. The van der Waals surface area contributed by atoms with Crippen molar-refractivity contribution < 1.29 is 36.7 Å². The van der Waals surface area contributed by atoms with E-state index in [1.165, 1.54) is 14.0 Å². The third kappa shape index (κ3) is 45.1. The Balaban J connectivity index is -0.0000000670. The topological polar surface area (TPSA) is 84.7 Å². The maximum atomic E-state index is 10.5. The first-order valence-corrected chi connectivity index (χ1v) is 6.79. The summed E-state index contributed by atoms with van der Waals surface area (Å²) in [6.07, 6.45) is 1.40. The van der Waals surface area contributed by atoms with Gasteiger partial charge in [-0.05, 0) is 6.42 Å². The quantitative estimate of drug-likeness (QED) is 0.185. The largest absolute Gasteiger partial charge is 0.508 e. The number of carbonyl (C=O) groups is 2. The van der Waals surface area contributed by atoms with Gasteiger partial charge in [-0.15, -0.1) is 0 Å². The van der Waals surface area contributed by atoms with E-state index < -0.39 is 0 Å². The second-order valence-electron chi connectivity index (χ2n) is 3.09. The molecule has 6 nitrogen and oxygen atoms in total. The Labute approximate surface area is 146 Å². The standard InChI is InChI=1S/C7H14NO2.C3H8N2O.C2H6.C2H5.Ag/c1-3-5-10-6-4-7(9)8-2;1-3(6)5(2)4;2*1-2;/h2-6H2,1H3,(H,8,9);4H2,1-2H3;1-2H3;1H2,2H3;/q-1;;;-1;. The number of rotatable bonds is 5. The van der Waals surface area contributed by atoms with Crippen molar-refractivity contribution in [1.29, 1.82) is 0 Å². The van der Waals surface area contributed by atoms with Crippen molar-refractivity contribution in [3.05, 3.63) is 14.0 Å². The summed E-state index contributed by atoms with van der Waals surface area (Å²) in [6.45, 7) is 13.7. The van der Waals surface area contributed by atoms with Crippen LogP contribution in [-0.4, -0.2) is 37.1 Å². The first-order chi connectivity index (χ1) is 9.45. The maximum Gasteiger partial charge on any atom is 0.233 e. The van der Waals surface area contributed by atoms with Crippen LogP contribution in [0.15, 0.2) is 0 Å². The van der Waals surface area contributed by atoms with Crippen molar-refractivity contribution in [2.45, 2.75) is 47.5 Å². The Morgan fingerprint density at radius 2 is 1.62 bits per heavy atom. The third-order valence-corrected chi connectivity index (χ3v) is 1.52. The molecule has 2 amide bonds. The van der Waals surface area contributed by atoms with Crippen molar-refractivity contribution in [3.8, 4) is 0 Å². The molecule has 0 saturated heterocycles. The molecule has 0 aromatic heterocycles. The number of hydrazine groups is 1. The summed E-state index contributed by atoms with van der Waals surface area (Å²) in [5, 5.41) is 3.30. The first-order valence-electron chi connectivity index (χ1n) is 6.79. The molecule has 0 aromatic carbocycles. The maximum absolute atomic E-state index is 10.5. The van der Waals surface area contributed by atoms with Gasteiger partial charge in [0.2, 0.25) is 5.91 Å². The molecular formula is C14H33AgN3O3-2. The predicted molar refractivity (Wildman–Crippen MR) is 84.2 cm³/mol. The van der Waals surface area contributed by atoms with E-state index in [2.05, 4.69) is 19.3 Å². The van der Waals surface area contributed by atoms with E-state index in [-0.39, 0.29) is 34.2 Å². The van der Waals surface area contributed by atoms with Crippen LogP contribution in [-0.2, 0) is 36.7 Å². The van der Waals surface area contributed by atoms with Crippen molar-refractivity contribution >= 4 is 11.8 Å². The summed E-state index contributed by atoms with van der Waals surface area (Å²) in [4.78, 5) is 20.5. The van der Waals surface area contributed by atoms with Gasteiger partial charge >= 0.3 is 0 Å². The Morgan fingerprint density at radius 1 is 1.24 bits per heavy atom. The van der Waals surface area contributed by atoms with Gasteiger partial charge < -0.3 is 17.0 Å². The Morgan fingerprint density at radius 3 is 1.86 bits per heavy atom. The van der Waals surface area contributed by atoms with E-state index in [0.29, 0.717) is 13.0 Å². The van der Waals surface area contributed by atoms with Crippen LogP contribution in [0.25, 0.3) is 0 Å². The Kier molecular flexibility index (Phi) is 49.3. The smallest absolute Gasteiger partial charge is 0.233 e. The third-order valence-electron chi connectivity index (χ3n) is 1.52. The van der Waals surface area contributed by atoms with Crippen molar-refractivity contribution in [3.63, 3.8) is 0 Å². The predicted octanol–water partition coefficient (Wildman–Crippen LogP) is 1.91. The molecule has 0 rings (SSSR count). The van der Waals surface area contributed by atoms with Crippen LogP contribution >= 0.6 is 0 Å². The molecule has 0 saturated carbocycles. The molecule has 0 atom stereocenters. The molecule has 0 aromatic rings. The molecule has 0 aliphatic rings. The molecule has 3 N–H and O–H groups in total. The molecule has 0 heterocycles. The number of nitrogens with one attached hydrogen (secondary N) is 1. The molecule has 135 valence electrons. The van der Waals surface area contributed by atoms with E-state index in [9.17, 15) is 9.59 Å². The van der Waals surface area contributed by atoms with Crippen molar-refractivity contribution in [1.82, 2.24) is 10.3 Å². The van der Waals surface area contributed by atoms with Gasteiger partial charge in [0.1, 0.15) is 0 Å². The summed E-state index contributed by atoms with van der Waals surface area (Å²) < 4.78 is 5.07. The molecule has 7 heteroatoms. The zero-order chi connectivity index (χ0) is 17.0. The molecule has 0 unspecified atom stereocenters. The summed E-state index contributed by atoms with van der Waals surface area (Å²) >= 11 is 0. The zero-order valence-electron chi connectivity index (χ0n) is 14.3. The molecule has 0 spiro atoms. The number of hydrogen-bond acceptors (Lipinski definition) is 4. The van der Waals surface area contributed by atoms with Crippen LogP contribution in [0.4, 0.5) is 0 Å². The summed E-state index contributed by atoms with van der Waals surface area (Å²) in [5.74, 6) is 4.72. The van der Waals surface area contributed by atoms with Gasteiger partial charge in [0.05, 0.1) is 6.61 Å². The van der Waals surface area contributed by atoms with Crippen LogP contribution in [0.1, 0.15) is 47.5 Å². The fourth-order valence-corrected chi connectivity index (χ4v) is 0.500. The van der Waals surface area contributed by atoms with E-state index in [1.807, 2.05) is 20.8 Å². The molecular weight excluding hydrogens is 366 g/mol. The van der Waals surface area contributed by atoms with Crippen LogP contribution in [0.2, 0.25) is 0 Å². The van der Waals surface area contributed by atoms with Crippen LogP contribution in [0.5, 0.6) is 0 Å². The summed E-state index contributed by atoms with van der Waals surface area (Å²) in [6, 6.07) is 0. The minimum Gasteiger partial charge on any atom is -0.508 e. The van der Waals surface area contributed by atoms with Crippen LogP contribution in [0.3, 0.4) is 0 Å². The first kappa shape index (κ1) is 32.5. The minimum absolute atomic E-state index is 0. The van der Waals surface area contributed by atoms with Gasteiger partial charge in [-0.3, -0.25) is 21.6 Å². The minimum atomic E-state index is -0.130. The number of amides is 2. The van der Waals surface area contributed by atoms with Gasteiger partial charge in [-0.1, -0.05) is 20.8 Å². The van der Waals surface area contributed by atoms with Gasteiger partial charge in [0.15, 0.2) is 5.91 Å².